The Labute approximate surface area is 74.0 Å². The predicted molar refractivity (Wildman–Crippen MR) is 47.9 cm³/mol. The number of aliphatic hydroxyl groups is 2. The smallest absolute Gasteiger partial charge is 0.0743 e. The lowest BCUT2D eigenvalue weighted by atomic mass is 9.84. The Balaban J connectivity index is 2.76. The quantitative estimate of drug-likeness (QED) is 0.544. The standard InChI is InChI=1S/C9H19NO2/c1-5-8(11)6(2)10(4)7(3)9(5)12/h5-9,11-12H,1-4H3. The molecule has 3 nitrogen and oxygen atoms in total. The Morgan fingerprint density at radius 1 is 0.917 bits per heavy atom. The van der Waals surface area contributed by atoms with Crippen molar-refractivity contribution in [1.29, 1.82) is 0 Å². The summed E-state index contributed by atoms with van der Waals surface area (Å²) in [5.74, 6) is -0.0220. The average molecular weight is 173 g/mol. The molecular formula is C9H19NO2. The molecule has 0 amide bonds. The van der Waals surface area contributed by atoms with Crippen LogP contribution in [0, 0.1) is 5.92 Å². The molecule has 4 unspecified atom stereocenters. The van der Waals surface area contributed by atoms with Crippen LogP contribution in [0.4, 0.5) is 0 Å². The van der Waals surface area contributed by atoms with Crippen molar-refractivity contribution in [3.8, 4) is 0 Å². The molecule has 0 aromatic rings. The molecule has 4 atom stereocenters. The minimum absolute atomic E-state index is 0.0220. The zero-order valence-corrected chi connectivity index (χ0v) is 8.23. The Morgan fingerprint density at radius 3 is 1.58 bits per heavy atom. The van der Waals surface area contributed by atoms with Crippen LogP contribution in [-0.4, -0.2) is 46.5 Å². The molecule has 0 spiro atoms. The van der Waals surface area contributed by atoms with Gasteiger partial charge in [0.15, 0.2) is 0 Å². The van der Waals surface area contributed by atoms with Gasteiger partial charge in [0.2, 0.25) is 0 Å². The molecule has 0 aromatic heterocycles. The fourth-order valence-electron chi connectivity index (χ4n) is 1.93. The van der Waals surface area contributed by atoms with Crippen molar-refractivity contribution in [1.82, 2.24) is 4.90 Å². The summed E-state index contributed by atoms with van der Waals surface area (Å²) in [5, 5.41) is 19.4. The lowest BCUT2D eigenvalue weighted by Gasteiger charge is -2.46. The topological polar surface area (TPSA) is 43.7 Å². The largest absolute Gasteiger partial charge is 0.391 e. The average Bonchev–Trinajstić information content (AvgIpc) is 2.08. The van der Waals surface area contributed by atoms with Crippen LogP contribution in [0.3, 0.4) is 0 Å². The Kier molecular flexibility index (Phi) is 2.76. The minimum Gasteiger partial charge on any atom is -0.391 e. The van der Waals surface area contributed by atoms with Crippen LogP contribution < -0.4 is 0 Å². The molecular weight excluding hydrogens is 154 g/mol. The van der Waals surface area contributed by atoms with Crippen LogP contribution in [0.25, 0.3) is 0 Å². The third-order valence-corrected chi connectivity index (χ3v) is 3.35. The summed E-state index contributed by atoms with van der Waals surface area (Å²) in [7, 11) is 1.94. The first kappa shape index (κ1) is 9.96. The van der Waals surface area contributed by atoms with E-state index in [4.69, 9.17) is 0 Å². The number of nitrogens with zero attached hydrogens (tertiary/aromatic N) is 1. The molecule has 1 fully saturated rings. The van der Waals surface area contributed by atoms with Crippen molar-refractivity contribution < 1.29 is 10.2 Å². The molecule has 0 radical (unpaired) electrons. The lowest BCUT2D eigenvalue weighted by molar-refractivity contribution is -0.105. The van der Waals surface area contributed by atoms with E-state index >= 15 is 0 Å². The number of aliphatic hydroxyl groups excluding tert-OH is 2. The van der Waals surface area contributed by atoms with Gasteiger partial charge in [-0.05, 0) is 20.9 Å². The maximum Gasteiger partial charge on any atom is 0.0743 e. The van der Waals surface area contributed by atoms with Gasteiger partial charge in [-0.25, -0.2) is 0 Å². The molecule has 0 aliphatic carbocycles. The van der Waals surface area contributed by atoms with Gasteiger partial charge in [-0.3, -0.25) is 4.90 Å². The molecule has 0 aromatic carbocycles. The zero-order chi connectivity index (χ0) is 9.46. The maximum atomic E-state index is 9.70. The Hall–Kier alpha value is -0.120. The van der Waals surface area contributed by atoms with Crippen molar-refractivity contribution >= 4 is 0 Å². The van der Waals surface area contributed by atoms with Gasteiger partial charge in [-0.2, -0.15) is 0 Å². The van der Waals surface area contributed by atoms with Crippen molar-refractivity contribution in [3.05, 3.63) is 0 Å². The van der Waals surface area contributed by atoms with Crippen LogP contribution in [0.15, 0.2) is 0 Å². The molecule has 1 aliphatic heterocycles. The SMILES string of the molecule is CC1C(O)C(C)N(C)C(C)C1O. The Morgan fingerprint density at radius 2 is 1.25 bits per heavy atom. The summed E-state index contributed by atoms with van der Waals surface area (Å²) in [5.41, 5.74) is 0. The fraction of sp³-hybridized carbons (Fsp3) is 1.00. The molecule has 1 rings (SSSR count). The molecule has 1 heterocycles. The Bertz CT molecular complexity index is 104. The molecule has 12 heavy (non-hydrogen) atoms. The summed E-state index contributed by atoms with van der Waals surface area (Å²) < 4.78 is 0. The van der Waals surface area contributed by atoms with Gasteiger partial charge >= 0.3 is 0 Å². The van der Waals surface area contributed by atoms with E-state index < -0.39 is 12.2 Å². The third kappa shape index (κ3) is 1.37. The lowest BCUT2D eigenvalue weighted by Crippen LogP contribution is -2.59. The van der Waals surface area contributed by atoms with E-state index in [0.717, 1.165) is 0 Å². The summed E-state index contributed by atoms with van der Waals surface area (Å²) in [4.78, 5) is 2.02. The van der Waals surface area contributed by atoms with Crippen molar-refractivity contribution in [3.63, 3.8) is 0 Å². The van der Waals surface area contributed by atoms with E-state index in [0.29, 0.717) is 0 Å². The van der Waals surface area contributed by atoms with E-state index in [1.165, 1.54) is 0 Å². The van der Waals surface area contributed by atoms with Gasteiger partial charge in [0.1, 0.15) is 0 Å². The monoisotopic (exact) mass is 173 g/mol. The number of rotatable bonds is 0. The summed E-state index contributed by atoms with van der Waals surface area (Å²) in [6.07, 6.45) is -0.831. The van der Waals surface area contributed by atoms with Gasteiger partial charge in [0.25, 0.3) is 0 Å². The highest BCUT2D eigenvalue weighted by Crippen LogP contribution is 2.26. The normalized spacial score (nSPS) is 51.0. The van der Waals surface area contributed by atoms with E-state index in [-0.39, 0.29) is 18.0 Å². The fourth-order valence-corrected chi connectivity index (χ4v) is 1.93. The first-order valence-electron chi connectivity index (χ1n) is 4.55. The number of hydrogen-bond acceptors (Lipinski definition) is 3. The van der Waals surface area contributed by atoms with Gasteiger partial charge in [-0.1, -0.05) is 6.92 Å². The van der Waals surface area contributed by atoms with Gasteiger partial charge in [-0.15, -0.1) is 0 Å². The van der Waals surface area contributed by atoms with Crippen molar-refractivity contribution in [2.24, 2.45) is 5.92 Å². The van der Waals surface area contributed by atoms with E-state index in [1.807, 2.05) is 32.7 Å². The summed E-state index contributed by atoms with van der Waals surface area (Å²) >= 11 is 0. The third-order valence-electron chi connectivity index (χ3n) is 3.35. The van der Waals surface area contributed by atoms with Crippen LogP contribution >= 0.6 is 0 Å². The van der Waals surface area contributed by atoms with Gasteiger partial charge < -0.3 is 10.2 Å². The molecule has 0 saturated carbocycles. The molecule has 2 N–H and O–H groups in total. The molecule has 1 saturated heterocycles. The first-order valence-corrected chi connectivity index (χ1v) is 4.55. The first-order chi connectivity index (χ1) is 5.46. The van der Waals surface area contributed by atoms with E-state index in [9.17, 15) is 10.2 Å². The molecule has 0 bridgehead atoms. The van der Waals surface area contributed by atoms with Crippen molar-refractivity contribution in [2.75, 3.05) is 7.05 Å². The van der Waals surface area contributed by atoms with Crippen LogP contribution in [0.5, 0.6) is 0 Å². The number of likely N-dealkylation sites (N-methyl/N-ethyl adjacent to an activating group) is 1. The van der Waals surface area contributed by atoms with E-state index in [1.54, 1.807) is 0 Å². The van der Waals surface area contributed by atoms with Gasteiger partial charge in [0.05, 0.1) is 12.2 Å². The summed E-state index contributed by atoms with van der Waals surface area (Å²) in [6, 6.07) is 0.275. The van der Waals surface area contributed by atoms with Crippen LogP contribution in [0.2, 0.25) is 0 Å². The molecule has 3 heteroatoms. The molecule has 72 valence electrons. The van der Waals surface area contributed by atoms with Crippen molar-refractivity contribution in [2.45, 2.75) is 45.1 Å². The highest BCUT2D eigenvalue weighted by atomic mass is 16.3. The highest BCUT2D eigenvalue weighted by molar-refractivity contribution is 4.93. The number of piperidine rings is 1. The van der Waals surface area contributed by atoms with Crippen LogP contribution in [0.1, 0.15) is 20.8 Å². The number of hydrogen-bond donors (Lipinski definition) is 2. The second kappa shape index (κ2) is 3.32. The second-order valence-corrected chi connectivity index (χ2v) is 3.99. The number of likely N-dealkylation sites (tertiary alicyclic amines) is 1. The molecule has 1 aliphatic rings. The predicted octanol–water partition coefficient (Wildman–Crippen LogP) is 0.0667. The van der Waals surface area contributed by atoms with Crippen LogP contribution in [-0.2, 0) is 0 Å². The second-order valence-electron chi connectivity index (χ2n) is 3.99. The highest BCUT2D eigenvalue weighted by Gasteiger charge is 2.40. The maximum absolute atomic E-state index is 9.70. The summed E-state index contributed by atoms with van der Waals surface area (Å²) in [6.45, 7) is 5.88. The minimum atomic E-state index is -0.416. The van der Waals surface area contributed by atoms with E-state index in [2.05, 4.69) is 0 Å². The van der Waals surface area contributed by atoms with Gasteiger partial charge in [0, 0.05) is 18.0 Å². The zero-order valence-electron chi connectivity index (χ0n) is 8.23.